The normalized spacial score (nSPS) is 10.7. The van der Waals surface area contributed by atoms with Gasteiger partial charge in [-0.1, -0.05) is 47.6 Å². The van der Waals surface area contributed by atoms with E-state index >= 15 is 0 Å². The predicted molar refractivity (Wildman–Crippen MR) is 134 cm³/mol. The van der Waals surface area contributed by atoms with Crippen molar-refractivity contribution in [1.82, 2.24) is 14.8 Å². The number of aryl methyl sites for hydroxylation is 1. The maximum Gasteiger partial charge on any atom is 0.234 e. The van der Waals surface area contributed by atoms with Crippen molar-refractivity contribution >= 4 is 46.7 Å². The third-order valence-electron chi connectivity index (χ3n) is 4.48. The summed E-state index contributed by atoms with van der Waals surface area (Å²) in [6.07, 6.45) is 1.80. The molecule has 1 amide bonds. The largest absolute Gasteiger partial charge is 0.495 e. The Kier molecular flexibility index (Phi) is 9.08. The highest BCUT2D eigenvalue weighted by Gasteiger charge is 2.15. The first-order chi connectivity index (χ1) is 15.5. The second-order valence-corrected chi connectivity index (χ2v) is 9.32. The van der Waals surface area contributed by atoms with E-state index in [1.165, 1.54) is 17.3 Å². The van der Waals surface area contributed by atoms with E-state index in [0.29, 0.717) is 28.9 Å². The molecule has 0 saturated carbocycles. The molecule has 0 unspecified atom stereocenters. The fraction of sp³-hybridized carbons (Fsp3) is 0.261. The van der Waals surface area contributed by atoms with Gasteiger partial charge in [-0.25, -0.2) is 0 Å². The van der Waals surface area contributed by atoms with Crippen LogP contribution in [0.5, 0.6) is 5.75 Å². The van der Waals surface area contributed by atoms with E-state index in [1.54, 1.807) is 24.9 Å². The summed E-state index contributed by atoms with van der Waals surface area (Å²) < 4.78 is 7.32. The van der Waals surface area contributed by atoms with Crippen LogP contribution in [0, 0.1) is 6.92 Å². The fourth-order valence-corrected chi connectivity index (χ4v) is 4.74. The second-order valence-electron chi connectivity index (χ2n) is 6.96. The smallest absolute Gasteiger partial charge is 0.234 e. The van der Waals surface area contributed by atoms with Gasteiger partial charge < -0.3 is 14.6 Å². The molecule has 0 saturated heterocycles. The molecule has 0 aliphatic rings. The van der Waals surface area contributed by atoms with Gasteiger partial charge in [0.25, 0.3) is 0 Å². The minimum absolute atomic E-state index is 0.134. The number of aromatic nitrogens is 3. The number of halogens is 1. The molecule has 32 heavy (non-hydrogen) atoms. The molecular formula is C23H25ClN4O2S2. The van der Waals surface area contributed by atoms with Gasteiger partial charge in [0.2, 0.25) is 5.91 Å². The van der Waals surface area contributed by atoms with Crippen LogP contribution in [0.25, 0.3) is 0 Å². The van der Waals surface area contributed by atoms with Gasteiger partial charge in [0, 0.05) is 17.3 Å². The van der Waals surface area contributed by atoms with Crippen LogP contribution in [0.4, 0.5) is 5.69 Å². The summed E-state index contributed by atoms with van der Waals surface area (Å²) in [5.74, 6) is 3.11. The maximum atomic E-state index is 12.5. The SMILES string of the molecule is C=CCn1c(CSCc2ccc(Cl)cc2)nnc1SCC(=O)Nc1cc(C)ccc1OC. The molecule has 168 valence electrons. The summed E-state index contributed by atoms with van der Waals surface area (Å²) in [5.41, 5.74) is 2.90. The van der Waals surface area contributed by atoms with Crippen LogP contribution in [-0.4, -0.2) is 33.5 Å². The minimum atomic E-state index is -0.134. The van der Waals surface area contributed by atoms with Crippen molar-refractivity contribution in [2.45, 2.75) is 30.1 Å². The van der Waals surface area contributed by atoms with Crippen LogP contribution in [0.2, 0.25) is 5.02 Å². The number of amides is 1. The second kappa shape index (κ2) is 12.0. The number of hydrogen-bond donors (Lipinski definition) is 1. The number of thioether (sulfide) groups is 2. The maximum absolute atomic E-state index is 12.5. The van der Waals surface area contributed by atoms with Gasteiger partial charge in [0.15, 0.2) is 5.16 Å². The van der Waals surface area contributed by atoms with Gasteiger partial charge in [-0.15, -0.1) is 28.5 Å². The number of allylic oxidation sites excluding steroid dienone is 1. The summed E-state index contributed by atoms with van der Waals surface area (Å²) in [6.45, 7) is 6.38. The van der Waals surface area contributed by atoms with Crippen LogP contribution < -0.4 is 10.1 Å². The Morgan fingerprint density at radius 1 is 1.22 bits per heavy atom. The fourth-order valence-electron chi connectivity index (χ4n) is 2.92. The Bertz CT molecular complexity index is 1070. The third-order valence-corrected chi connectivity index (χ3v) is 6.70. The van der Waals surface area contributed by atoms with Crippen molar-refractivity contribution in [2.24, 2.45) is 0 Å². The van der Waals surface area contributed by atoms with Crippen molar-refractivity contribution in [3.05, 3.63) is 77.1 Å². The minimum Gasteiger partial charge on any atom is -0.495 e. The lowest BCUT2D eigenvalue weighted by atomic mass is 10.2. The van der Waals surface area contributed by atoms with E-state index in [2.05, 4.69) is 22.1 Å². The molecule has 3 rings (SSSR count). The van der Waals surface area contributed by atoms with Gasteiger partial charge in [-0.3, -0.25) is 4.79 Å². The zero-order valence-corrected chi connectivity index (χ0v) is 20.4. The number of nitrogens with zero attached hydrogens (tertiary/aromatic N) is 3. The number of benzene rings is 2. The molecular weight excluding hydrogens is 464 g/mol. The molecule has 3 aromatic rings. The quantitative estimate of drug-likeness (QED) is 0.280. The molecule has 0 fully saturated rings. The number of carbonyl (C=O) groups is 1. The van der Waals surface area contributed by atoms with E-state index in [4.69, 9.17) is 16.3 Å². The average molecular weight is 489 g/mol. The molecule has 9 heteroatoms. The molecule has 0 aliphatic carbocycles. The topological polar surface area (TPSA) is 69.0 Å². The molecule has 2 aromatic carbocycles. The summed E-state index contributed by atoms with van der Waals surface area (Å²) in [6, 6.07) is 13.5. The van der Waals surface area contributed by atoms with E-state index in [1.807, 2.05) is 54.0 Å². The van der Waals surface area contributed by atoms with E-state index in [0.717, 1.165) is 22.2 Å². The molecule has 1 aromatic heterocycles. The van der Waals surface area contributed by atoms with Crippen LogP contribution in [-0.2, 0) is 22.8 Å². The summed E-state index contributed by atoms with van der Waals surface area (Å²) in [7, 11) is 1.58. The zero-order chi connectivity index (χ0) is 22.9. The van der Waals surface area contributed by atoms with Crippen molar-refractivity contribution in [3.63, 3.8) is 0 Å². The molecule has 6 nitrogen and oxygen atoms in total. The molecule has 0 spiro atoms. The number of carbonyl (C=O) groups excluding carboxylic acids is 1. The Labute approximate surface area is 201 Å². The van der Waals surface area contributed by atoms with Gasteiger partial charge in [0.05, 0.1) is 24.3 Å². The van der Waals surface area contributed by atoms with Gasteiger partial charge >= 0.3 is 0 Å². The number of anilines is 1. The molecule has 1 N–H and O–H groups in total. The van der Waals surface area contributed by atoms with Gasteiger partial charge in [-0.2, -0.15) is 0 Å². The zero-order valence-electron chi connectivity index (χ0n) is 18.0. The van der Waals surface area contributed by atoms with Crippen LogP contribution in [0.3, 0.4) is 0 Å². The average Bonchev–Trinajstić information content (AvgIpc) is 3.16. The first kappa shape index (κ1) is 24.2. The van der Waals surface area contributed by atoms with E-state index in [9.17, 15) is 4.79 Å². The highest BCUT2D eigenvalue weighted by atomic mass is 35.5. The summed E-state index contributed by atoms with van der Waals surface area (Å²) >= 11 is 9.04. The van der Waals surface area contributed by atoms with E-state index < -0.39 is 0 Å². The number of methoxy groups -OCH3 is 1. The van der Waals surface area contributed by atoms with Crippen molar-refractivity contribution in [3.8, 4) is 5.75 Å². The number of hydrogen-bond acceptors (Lipinski definition) is 6. The van der Waals surface area contributed by atoms with Crippen LogP contribution in [0.1, 0.15) is 17.0 Å². The highest BCUT2D eigenvalue weighted by molar-refractivity contribution is 7.99. The molecule has 0 atom stereocenters. The number of nitrogens with one attached hydrogen (secondary N) is 1. The number of ether oxygens (including phenoxy) is 1. The lowest BCUT2D eigenvalue weighted by Gasteiger charge is -2.11. The van der Waals surface area contributed by atoms with Crippen LogP contribution in [0.15, 0.2) is 60.3 Å². The van der Waals surface area contributed by atoms with Crippen LogP contribution >= 0.6 is 35.1 Å². The Morgan fingerprint density at radius 3 is 2.72 bits per heavy atom. The molecule has 1 heterocycles. The highest BCUT2D eigenvalue weighted by Crippen LogP contribution is 2.26. The van der Waals surface area contributed by atoms with Gasteiger partial charge in [-0.05, 0) is 42.3 Å². The van der Waals surface area contributed by atoms with Gasteiger partial charge in [0.1, 0.15) is 11.6 Å². The lowest BCUT2D eigenvalue weighted by molar-refractivity contribution is -0.113. The lowest BCUT2D eigenvalue weighted by Crippen LogP contribution is -2.15. The van der Waals surface area contributed by atoms with Crippen molar-refractivity contribution in [2.75, 3.05) is 18.2 Å². The molecule has 0 aliphatic heterocycles. The summed E-state index contributed by atoms with van der Waals surface area (Å²) in [4.78, 5) is 12.5. The number of rotatable bonds is 11. The molecule has 0 radical (unpaired) electrons. The van der Waals surface area contributed by atoms with Crippen molar-refractivity contribution < 1.29 is 9.53 Å². The first-order valence-corrected chi connectivity index (χ1v) is 12.4. The Hall–Kier alpha value is -2.42. The Balaban J connectivity index is 1.58. The molecule has 0 bridgehead atoms. The summed E-state index contributed by atoms with van der Waals surface area (Å²) in [5, 5.41) is 13.0. The third kappa shape index (κ3) is 6.79. The Morgan fingerprint density at radius 2 is 2.00 bits per heavy atom. The predicted octanol–water partition coefficient (Wildman–Crippen LogP) is 5.60. The van der Waals surface area contributed by atoms with Crippen molar-refractivity contribution in [1.29, 1.82) is 0 Å². The first-order valence-electron chi connectivity index (χ1n) is 9.92. The monoisotopic (exact) mass is 488 g/mol. The van der Waals surface area contributed by atoms with E-state index in [-0.39, 0.29) is 11.7 Å². The standard InChI is InChI=1S/C23H25ClN4O2S2/c1-4-11-28-21(14-31-13-17-6-8-18(24)9-7-17)26-27-23(28)32-15-22(29)25-19-12-16(2)5-10-20(19)30-3/h4-10,12H,1,11,13-15H2,2-3H3,(H,25,29).